The highest BCUT2D eigenvalue weighted by atomic mass is 16.5. The summed E-state index contributed by atoms with van der Waals surface area (Å²) in [7, 11) is 0. The third-order valence-electron chi connectivity index (χ3n) is 4.29. The van der Waals surface area contributed by atoms with Gasteiger partial charge < -0.3 is 14.7 Å². The Labute approximate surface area is 123 Å². The van der Waals surface area contributed by atoms with Gasteiger partial charge in [0.25, 0.3) is 5.91 Å². The number of carboxylic acids is 1. The van der Waals surface area contributed by atoms with Gasteiger partial charge in [0.15, 0.2) is 6.10 Å². The Balaban J connectivity index is 1.86. The van der Waals surface area contributed by atoms with Crippen LogP contribution in [0, 0.1) is 0 Å². The predicted octanol–water partition coefficient (Wildman–Crippen LogP) is 1.77. The van der Waals surface area contributed by atoms with E-state index in [1.165, 1.54) is 4.90 Å². The SMILES string of the molecule is O=C(O)[C@H]1CCCCN1C(=O)C1OCCc2ccccc21. The van der Waals surface area contributed by atoms with Gasteiger partial charge in [0.05, 0.1) is 6.61 Å². The number of aliphatic carboxylic acids is 1. The molecule has 1 unspecified atom stereocenters. The number of fused-ring (bicyclic) bond motifs is 1. The zero-order chi connectivity index (χ0) is 14.8. The molecular weight excluding hydrogens is 270 g/mol. The van der Waals surface area contributed by atoms with E-state index in [4.69, 9.17) is 4.74 Å². The van der Waals surface area contributed by atoms with Crippen LogP contribution in [0.1, 0.15) is 36.5 Å². The second-order valence-corrected chi connectivity index (χ2v) is 5.58. The number of likely N-dealkylation sites (tertiary alicyclic amines) is 1. The molecule has 2 atom stereocenters. The molecule has 2 heterocycles. The molecule has 0 saturated carbocycles. The van der Waals surface area contributed by atoms with Crippen LogP contribution in [0.25, 0.3) is 0 Å². The molecule has 2 aliphatic heterocycles. The molecule has 1 saturated heterocycles. The Morgan fingerprint density at radius 2 is 2.05 bits per heavy atom. The van der Waals surface area contributed by atoms with Gasteiger partial charge in [-0.3, -0.25) is 4.79 Å². The number of rotatable bonds is 2. The molecule has 0 bridgehead atoms. The van der Waals surface area contributed by atoms with Gasteiger partial charge in [-0.25, -0.2) is 4.79 Å². The fourth-order valence-electron chi connectivity index (χ4n) is 3.20. The van der Waals surface area contributed by atoms with Crippen molar-refractivity contribution in [2.45, 2.75) is 37.8 Å². The number of nitrogens with zero attached hydrogens (tertiary/aromatic N) is 1. The average Bonchev–Trinajstić information content (AvgIpc) is 2.53. The monoisotopic (exact) mass is 289 g/mol. The van der Waals surface area contributed by atoms with Crippen molar-refractivity contribution in [1.82, 2.24) is 4.90 Å². The van der Waals surface area contributed by atoms with Gasteiger partial charge in [0.1, 0.15) is 6.04 Å². The molecule has 3 rings (SSSR count). The van der Waals surface area contributed by atoms with Crippen LogP contribution in [0.15, 0.2) is 24.3 Å². The van der Waals surface area contributed by atoms with E-state index in [0.717, 1.165) is 30.4 Å². The normalized spacial score (nSPS) is 25.2. The van der Waals surface area contributed by atoms with Gasteiger partial charge in [-0.05, 0) is 36.8 Å². The summed E-state index contributed by atoms with van der Waals surface area (Å²) in [6.07, 6.45) is 2.36. The first-order valence-electron chi connectivity index (χ1n) is 7.41. The highest BCUT2D eigenvalue weighted by molar-refractivity contribution is 5.87. The molecule has 1 fully saturated rings. The topological polar surface area (TPSA) is 66.8 Å². The van der Waals surface area contributed by atoms with E-state index in [0.29, 0.717) is 19.6 Å². The molecule has 1 amide bonds. The summed E-state index contributed by atoms with van der Waals surface area (Å²) in [6.45, 7) is 0.997. The van der Waals surface area contributed by atoms with Gasteiger partial charge in [-0.1, -0.05) is 24.3 Å². The van der Waals surface area contributed by atoms with Crippen molar-refractivity contribution in [3.05, 3.63) is 35.4 Å². The standard InChI is InChI=1S/C16H19NO4/c18-15(17-9-4-3-7-13(17)16(19)20)14-12-6-2-1-5-11(12)8-10-21-14/h1-2,5-6,13-14H,3-4,7-10H2,(H,19,20)/t13-,14?/m1/s1. The molecule has 1 aromatic rings. The first-order chi connectivity index (χ1) is 10.2. The minimum atomic E-state index is -0.924. The van der Waals surface area contributed by atoms with E-state index in [1.807, 2.05) is 24.3 Å². The van der Waals surface area contributed by atoms with Crippen LogP contribution >= 0.6 is 0 Å². The summed E-state index contributed by atoms with van der Waals surface area (Å²) in [4.78, 5) is 25.6. The van der Waals surface area contributed by atoms with Crippen molar-refractivity contribution in [2.24, 2.45) is 0 Å². The molecule has 0 aliphatic carbocycles. The lowest BCUT2D eigenvalue weighted by molar-refractivity contribution is -0.159. The van der Waals surface area contributed by atoms with Gasteiger partial charge in [0.2, 0.25) is 0 Å². The maximum absolute atomic E-state index is 12.8. The molecule has 1 N–H and O–H groups in total. The fourth-order valence-corrected chi connectivity index (χ4v) is 3.20. The van der Waals surface area contributed by atoms with Crippen molar-refractivity contribution in [3.63, 3.8) is 0 Å². The first-order valence-corrected chi connectivity index (χ1v) is 7.41. The highest BCUT2D eigenvalue weighted by Crippen LogP contribution is 2.30. The number of carboxylic acid groups (broad SMARTS) is 1. The molecular formula is C16H19NO4. The second-order valence-electron chi connectivity index (χ2n) is 5.58. The summed E-state index contributed by atoms with van der Waals surface area (Å²) in [6, 6.07) is 7.02. The summed E-state index contributed by atoms with van der Waals surface area (Å²) in [5.74, 6) is -1.14. The molecule has 0 spiro atoms. The van der Waals surface area contributed by atoms with E-state index in [-0.39, 0.29) is 5.91 Å². The third-order valence-corrected chi connectivity index (χ3v) is 4.29. The van der Waals surface area contributed by atoms with Gasteiger partial charge in [-0.15, -0.1) is 0 Å². The van der Waals surface area contributed by atoms with Gasteiger partial charge in [0, 0.05) is 6.54 Å². The molecule has 1 aromatic carbocycles. The number of carbonyl (C=O) groups is 2. The minimum absolute atomic E-state index is 0.214. The number of piperidine rings is 1. The summed E-state index contributed by atoms with van der Waals surface area (Å²) in [5, 5.41) is 9.32. The zero-order valence-corrected chi connectivity index (χ0v) is 11.8. The van der Waals surface area contributed by atoms with Crippen LogP contribution in [0.3, 0.4) is 0 Å². The predicted molar refractivity (Wildman–Crippen MR) is 75.8 cm³/mol. The van der Waals surface area contributed by atoms with E-state index in [1.54, 1.807) is 0 Å². The highest BCUT2D eigenvalue weighted by Gasteiger charge is 2.38. The largest absolute Gasteiger partial charge is 0.480 e. The lowest BCUT2D eigenvalue weighted by Crippen LogP contribution is -2.50. The van der Waals surface area contributed by atoms with Crippen LogP contribution in [0.2, 0.25) is 0 Å². The lowest BCUT2D eigenvalue weighted by atomic mass is 9.95. The fraction of sp³-hybridized carbons (Fsp3) is 0.500. The van der Waals surface area contributed by atoms with Crippen LogP contribution < -0.4 is 0 Å². The van der Waals surface area contributed by atoms with Crippen LogP contribution in [-0.2, 0) is 20.7 Å². The van der Waals surface area contributed by atoms with Crippen molar-refractivity contribution in [2.75, 3.05) is 13.2 Å². The van der Waals surface area contributed by atoms with Crippen LogP contribution in [0.5, 0.6) is 0 Å². The number of hydrogen-bond donors (Lipinski definition) is 1. The number of benzene rings is 1. The Hall–Kier alpha value is -1.88. The van der Waals surface area contributed by atoms with Gasteiger partial charge in [-0.2, -0.15) is 0 Å². The average molecular weight is 289 g/mol. The number of hydrogen-bond acceptors (Lipinski definition) is 3. The molecule has 21 heavy (non-hydrogen) atoms. The van der Waals surface area contributed by atoms with Crippen molar-refractivity contribution >= 4 is 11.9 Å². The minimum Gasteiger partial charge on any atom is -0.480 e. The quantitative estimate of drug-likeness (QED) is 0.901. The Morgan fingerprint density at radius 3 is 2.86 bits per heavy atom. The number of carbonyl (C=O) groups excluding carboxylic acids is 1. The summed E-state index contributed by atoms with van der Waals surface area (Å²) >= 11 is 0. The van der Waals surface area contributed by atoms with Crippen molar-refractivity contribution in [3.8, 4) is 0 Å². The van der Waals surface area contributed by atoms with E-state index in [9.17, 15) is 14.7 Å². The molecule has 0 aromatic heterocycles. The molecule has 0 radical (unpaired) electrons. The molecule has 2 aliphatic rings. The van der Waals surface area contributed by atoms with E-state index >= 15 is 0 Å². The maximum atomic E-state index is 12.8. The third kappa shape index (κ3) is 2.65. The number of ether oxygens (including phenoxy) is 1. The van der Waals surface area contributed by atoms with E-state index in [2.05, 4.69) is 0 Å². The molecule has 5 nitrogen and oxygen atoms in total. The Kier molecular flexibility index (Phi) is 3.92. The Bertz CT molecular complexity index is 557. The molecule has 112 valence electrons. The summed E-state index contributed by atoms with van der Waals surface area (Å²) in [5.41, 5.74) is 1.99. The summed E-state index contributed by atoms with van der Waals surface area (Å²) < 4.78 is 5.66. The van der Waals surface area contributed by atoms with Crippen LogP contribution in [0.4, 0.5) is 0 Å². The molecule has 5 heteroatoms. The maximum Gasteiger partial charge on any atom is 0.326 e. The van der Waals surface area contributed by atoms with Crippen LogP contribution in [-0.4, -0.2) is 41.1 Å². The number of amides is 1. The van der Waals surface area contributed by atoms with Gasteiger partial charge >= 0.3 is 5.97 Å². The smallest absolute Gasteiger partial charge is 0.326 e. The zero-order valence-electron chi connectivity index (χ0n) is 11.8. The first kappa shape index (κ1) is 14.1. The van der Waals surface area contributed by atoms with Crippen molar-refractivity contribution in [1.29, 1.82) is 0 Å². The lowest BCUT2D eigenvalue weighted by Gasteiger charge is -2.36. The Morgan fingerprint density at radius 1 is 1.24 bits per heavy atom. The van der Waals surface area contributed by atoms with E-state index < -0.39 is 18.1 Å². The van der Waals surface area contributed by atoms with Crippen molar-refractivity contribution < 1.29 is 19.4 Å². The second kappa shape index (κ2) is 5.85.